The zero-order valence-corrected chi connectivity index (χ0v) is 9.31. The number of benzene rings is 1. The number of amides is 1. The lowest BCUT2D eigenvalue weighted by atomic mass is 10.3. The number of hydrogen-bond donors (Lipinski definition) is 1. The molecule has 3 nitrogen and oxygen atoms in total. The minimum absolute atomic E-state index is 0.0256. The van der Waals surface area contributed by atoms with Crippen LogP contribution in [0.1, 0.15) is 12.8 Å². The molecule has 1 amide bonds. The molecule has 0 atom stereocenters. The van der Waals surface area contributed by atoms with Crippen LogP contribution in [0.3, 0.4) is 0 Å². The van der Waals surface area contributed by atoms with E-state index in [1.165, 1.54) is 0 Å². The fraction of sp³-hybridized carbons (Fsp3) is 0.200. The third-order valence-electron chi connectivity index (χ3n) is 1.70. The number of para-hydroxylation sites is 1. The summed E-state index contributed by atoms with van der Waals surface area (Å²) in [5.41, 5.74) is 0.534. The Hall–Kier alpha value is -1.06. The summed E-state index contributed by atoms with van der Waals surface area (Å²) in [5.74, 6) is -0.280. The van der Waals surface area contributed by atoms with Gasteiger partial charge in [-0.1, -0.05) is 23.7 Å². The van der Waals surface area contributed by atoms with Gasteiger partial charge in [0.2, 0.25) is 11.1 Å². The van der Waals surface area contributed by atoms with Crippen molar-refractivity contribution >= 4 is 40.0 Å². The van der Waals surface area contributed by atoms with Gasteiger partial charge in [0, 0.05) is 12.8 Å². The highest BCUT2D eigenvalue weighted by Gasteiger charge is 2.06. The van der Waals surface area contributed by atoms with E-state index in [0.717, 1.165) is 0 Å². The molecular formula is C10H9Cl2NO2. The first kappa shape index (κ1) is 12.0. The van der Waals surface area contributed by atoms with E-state index in [2.05, 4.69) is 5.32 Å². The first-order valence-electron chi connectivity index (χ1n) is 4.32. The second-order valence-corrected chi connectivity index (χ2v) is 3.71. The molecule has 80 valence electrons. The van der Waals surface area contributed by atoms with Gasteiger partial charge >= 0.3 is 0 Å². The minimum Gasteiger partial charge on any atom is -0.325 e. The maximum Gasteiger partial charge on any atom is 0.224 e. The van der Waals surface area contributed by atoms with Crippen LogP contribution >= 0.6 is 23.2 Å². The molecule has 1 N–H and O–H groups in total. The Morgan fingerprint density at radius 1 is 1.20 bits per heavy atom. The molecule has 1 aromatic carbocycles. The van der Waals surface area contributed by atoms with Gasteiger partial charge in [0.25, 0.3) is 0 Å². The number of rotatable bonds is 4. The zero-order chi connectivity index (χ0) is 11.3. The van der Waals surface area contributed by atoms with Crippen LogP contribution in [0, 0.1) is 0 Å². The smallest absolute Gasteiger partial charge is 0.224 e. The van der Waals surface area contributed by atoms with Crippen LogP contribution in [0.25, 0.3) is 0 Å². The average Bonchev–Trinajstić information content (AvgIpc) is 2.18. The molecule has 0 radical (unpaired) electrons. The van der Waals surface area contributed by atoms with Gasteiger partial charge in [0.15, 0.2) is 0 Å². The lowest BCUT2D eigenvalue weighted by molar-refractivity contribution is -0.119. The van der Waals surface area contributed by atoms with Gasteiger partial charge in [-0.25, -0.2) is 0 Å². The standard InChI is InChI=1S/C10H9Cl2NO2/c11-7-3-1-2-4-8(7)13-10(15)6-5-9(12)14/h1-4H,5-6H2,(H,13,15). The van der Waals surface area contributed by atoms with Crippen LogP contribution in [0.2, 0.25) is 5.02 Å². The molecule has 0 bridgehead atoms. The van der Waals surface area contributed by atoms with Crippen molar-refractivity contribution in [3.8, 4) is 0 Å². The van der Waals surface area contributed by atoms with E-state index < -0.39 is 5.24 Å². The lowest BCUT2D eigenvalue weighted by Crippen LogP contribution is -2.12. The number of nitrogens with one attached hydrogen (secondary N) is 1. The fourth-order valence-corrected chi connectivity index (χ4v) is 1.26. The number of halogens is 2. The number of anilines is 1. The number of carbonyl (C=O) groups excluding carboxylic acids is 2. The minimum atomic E-state index is -0.524. The topological polar surface area (TPSA) is 46.2 Å². The van der Waals surface area contributed by atoms with E-state index in [1.807, 2.05) is 0 Å². The molecule has 0 aliphatic carbocycles. The zero-order valence-electron chi connectivity index (χ0n) is 7.80. The summed E-state index contributed by atoms with van der Waals surface area (Å²) in [4.78, 5) is 21.7. The second kappa shape index (κ2) is 5.73. The Morgan fingerprint density at radius 3 is 2.47 bits per heavy atom. The maximum atomic E-state index is 11.3. The van der Waals surface area contributed by atoms with Crippen LogP contribution in [0.5, 0.6) is 0 Å². The van der Waals surface area contributed by atoms with Crippen molar-refractivity contribution in [2.45, 2.75) is 12.8 Å². The van der Waals surface area contributed by atoms with Crippen molar-refractivity contribution in [3.63, 3.8) is 0 Å². The Kier molecular flexibility index (Phi) is 4.59. The molecule has 0 fully saturated rings. The molecule has 0 aromatic heterocycles. The molecule has 15 heavy (non-hydrogen) atoms. The highest BCUT2D eigenvalue weighted by atomic mass is 35.5. The van der Waals surface area contributed by atoms with Crippen LogP contribution in [-0.4, -0.2) is 11.1 Å². The van der Waals surface area contributed by atoms with Gasteiger partial charge in [0.1, 0.15) is 0 Å². The summed E-state index contributed by atoms with van der Waals surface area (Å²) in [6.45, 7) is 0. The Balaban J connectivity index is 2.52. The van der Waals surface area contributed by atoms with Crippen molar-refractivity contribution in [2.24, 2.45) is 0 Å². The summed E-state index contributed by atoms with van der Waals surface area (Å²) in [6.07, 6.45) is 0.0887. The molecule has 0 spiro atoms. The van der Waals surface area contributed by atoms with Gasteiger partial charge in [-0.3, -0.25) is 9.59 Å². The highest BCUT2D eigenvalue weighted by Crippen LogP contribution is 2.20. The van der Waals surface area contributed by atoms with Crippen LogP contribution in [-0.2, 0) is 9.59 Å². The normalized spacial score (nSPS) is 9.73. The molecule has 0 unspecified atom stereocenters. The Morgan fingerprint density at radius 2 is 1.87 bits per heavy atom. The lowest BCUT2D eigenvalue weighted by Gasteiger charge is -2.05. The van der Waals surface area contributed by atoms with Crippen LogP contribution in [0.4, 0.5) is 5.69 Å². The van der Waals surface area contributed by atoms with Crippen molar-refractivity contribution in [1.29, 1.82) is 0 Å². The van der Waals surface area contributed by atoms with Crippen molar-refractivity contribution in [3.05, 3.63) is 29.3 Å². The number of carbonyl (C=O) groups is 2. The van der Waals surface area contributed by atoms with E-state index in [9.17, 15) is 9.59 Å². The first-order chi connectivity index (χ1) is 7.09. The third-order valence-corrected chi connectivity index (χ3v) is 2.22. The van der Waals surface area contributed by atoms with Crippen LogP contribution in [0.15, 0.2) is 24.3 Å². The predicted molar refractivity (Wildman–Crippen MR) is 60.2 cm³/mol. The van der Waals surface area contributed by atoms with E-state index in [-0.39, 0.29) is 18.7 Å². The van der Waals surface area contributed by atoms with E-state index >= 15 is 0 Å². The first-order valence-corrected chi connectivity index (χ1v) is 5.08. The van der Waals surface area contributed by atoms with Gasteiger partial charge < -0.3 is 5.32 Å². The van der Waals surface area contributed by atoms with Crippen molar-refractivity contribution in [2.75, 3.05) is 5.32 Å². The largest absolute Gasteiger partial charge is 0.325 e. The molecule has 0 saturated heterocycles. The summed E-state index contributed by atoms with van der Waals surface area (Å²) in [7, 11) is 0. The molecule has 0 saturated carbocycles. The average molecular weight is 246 g/mol. The summed E-state index contributed by atoms with van der Waals surface area (Å²) >= 11 is 10.9. The predicted octanol–water partition coefficient (Wildman–Crippen LogP) is 2.82. The molecule has 0 aliphatic heterocycles. The SMILES string of the molecule is O=C(Cl)CCC(=O)Nc1ccccc1Cl. The molecule has 1 rings (SSSR count). The second-order valence-electron chi connectivity index (χ2n) is 2.88. The molecule has 0 aliphatic rings. The van der Waals surface area contributed by atoms with Gasteiger partial charge in [-0.05, 0) is 23.7 Å². The van der Waals surface area contributed by atoms with Crippen molar-refractivity contribution in [1.82, 2.24) is 0 Å². The summed E-state index contributed by atoms with van der Waals surface area (Å²) in [5, 5.41) is 2.52. The van der Waals surface area contributed by atoms with Crippen LogP contribution < -0.4 is 5.32 Å². The van der Waals surface area contributed by atoms with Gasteiger partial charge in [0.05, 0.1) is 10.7 Å². The fourth-order valence-electron chi connectivity index (χ4n) is 0.987. The molecule has 0 heterocycles. The van der Waals surface area contributed by atoms with Gasteiger partial charge in [-0.2, -0.15) is 0 Å². The van der Waals surface area contributed by atoms with E-state index in [0.29, 0.717) is 10.7 Å². The Labute approximate surface area is 97.4 Å². The van der Waals surface area contributed by atoms with Crippen molar-refractivity contribution < 1.29 is 9.59 Å². The maximum absolute atomic E-state index is 11.3. The Bertz CT molecular complexity index is 379. The molecule has 1 aromatic rings. The van der Waals surface area contributed by atoms with E-state index in [4.69, 9.17) is 23.2 Å². The van der Waals surface area contributed by atoms with E-state index in [1.54, 1.807) is 24.3 Å². The summed E-state index contributed by atoms with van der Waals surface area (Å²) in [6, 6.07) is 6.88. The molecule has 5 heteroatoms. The third kappa shape index (κ3) is 4.32. The number of hydrogen-bond acceptors (Lipinski definition) is 2. The molecular weight excluding hydrogens is 237 g/mol. The quantitative estimate of drug-likeness (QED) is 0.830. The highest BCUT2D eigenvalue weighted by molar-refractivity contribution is 6.63. The summed E-state index contributed by atoms with van der Waals surface area (Å²) < 4.78 is 0. The van der Waals surface area contributed by atoms with Gasteiger partial charge in [-0.15, -0.1) is 0 Å². The monoisotopic (exact) mass is 245 g/mol.